The Balaban J connectivity index is 1.73. The molecule has 1 atom stereocenters. The Morgan fingerprint density at radius 3 is 2.50 bits per heavy atom. The maximum atomic E-state index is 12.5. The van der Waals surface area contributed by atoms with Gasteiger partial charge in [-0.05, 0) is 44.5 Å². The smallest absolute Gasteiger partial charge is 0.255 e. The summed E-state index contributed by atoms with van der Waals surface area (Å²) in [5, 5.41) is 7.56. The van der Waals surface area contributed by atoms with E-state index in [0.717, 1.165) is 28.2 Å². The number of carbonyl (C=O) groups excluding carboxylic acids is 2. The van der Waals surface area contributed by atoms with Crippen molar-refractivity contribution in [2.45, 2.75) is 33.1 Å². The molecule has 9 nitrogen and oxygen atoms in total. The highest BCUT2D eigenvalue weighted by Gasteiger charge is 2.33. The number of hydrogen-bond donors (Lipinski definition) is 2. The lowest BCUT2D eigenvalue weighted by molar-refractivity contribution is -0.120. The number of nitrogens with two attached hydrogens (primary N) is 1. The number of rotatable bonds is 5. The van der Waals surface area contributed by atoms with E-state index in [0.29, 0.717) is 23.9 Å². The van der Waals surface area contributed by atoms with Crippen LogP contribution in [0.25, 0.3) is 5.95 Å². The maximum Gasteiger partial charge on any atom is 0.255 e. The van der Waals surface area contributed by atoms with E-state index < -0.39 is 5.91 Å². The first kappa shape index (κ1) is 19.6. The predicted molar refractivity (Wildman–Crippen MR) is 110 cm³/mol. The van der Waals surface area contributed by atoms with Crippen LogP contribution in [0.4, 0.5) is 5.82 Å². The summed E-state index contributed by atoms with van der Waals surface area (Å²) in [7, 11) is 0. The van der Waals surface area contributed by atoms with Crippen molar-refractivity contribution >= 4 is 17.6 Å². The zero-order valence-electron chi connectivity index (χ0n) is 17.0. The molecule has 3 aromatic rings. The van der Waals surface area contributed by atoms with Crippen LogP contribution in [-0.4, -0.2) is 38.2 Å². The fraction of sp³-hybridized carbons (Fsp3) is 0.286. The molecule has 0 spiro atoms. The van der Waals surface area contributed by atoms with Crippen molar-refractivity contribution in [3.63, 3.8) is 0 Å². The lowest BCUT2D eigenvalue weighted by atomic mass is 9.86. The van der Waals surface area contributed by atoms with E-state index in [1.807, 2.05) is 39.0 Å². The highest BCUT2D eigenvalue weighted by Crippen LogP contribution is 2.40. The minimum atomic E-state index is -0.538. The van der Waals surface area contributed by atoms with Crippen LogP contribution in [0.1, 0.15) is 40.5 Å². The second-order valence-corrected chi connectivity index (χ2v) is 7.34. The fourth-order valence-corrected chi connectivity index (χ4v) is 3.73. The van der Waals surface area contributed by atoms with Gasteiger partial charge in [-0.1, -0.05) is 12.1 Å². The van der Waals surface area contributed by atoms with Crippen LogP contribution in [-0.2, 0) is 9.59 Å². The maximum absolute atomic E-state index is 12.5. The second-order valence-electron chi connectivity index (χ2n) is 7.34. The number of aromatic nitrogens is 4. The van der Waals surface area contributed by atoms with Gasteiger partial charge in [0.1, 0.15) is 11.6 Å². The molecule has 0 aliphatic carbocycles. The largest absolute Gasteiger partial charge is 0.484 e. The summed E-state index contributed by atoms with van der Waals surface area (Å²) in [4.78, 5) is 32.4. The van der Waals surface area contributed by atoms with Crippen LogP contribution in [0.3, 0.4) is 0 Å². The van der Waals surface area contributed by atoms with Gasteiger partial charge >= 0.3 is 0 Å². The Bertz CT molecular complexity index is 1120. The standard InChI is InChI=1S/C21H22N6O3/c1-11-8-12(2)24-21(23-11)27-20-19(13(3)26-27)16(9-18(29)25-20)14-4-6-15(7-5-14)30-10-17(22)28/h4-8,16H,9-10H2,1-3H3,(H2,22,28)(H,25,29)/t16-/m0/s1. The van der Waals surface area contributed by atoms with Crippen LogP contribution in [0, 0.1) is 20.8 Å². The summed E-state index contributed by atoms with van der Waals surface area (Å²) in [5.41, 5.74) is 9.44. The Hall–Kier alpha value is -3.75. The molecule has 3 heterocycles. The van der Waals surface area contributed by atoms with E-state index in [4.69, 9.17) is 10.5 Å². The molecular weight excluding hydrogens is 384 g/mol. The molecule has 9 heteroatoms. The van der Waals surface area contributed by atoms with Gasteiger partial charge in [-0.2, -0.15) is 9.78 Å². The summed E-state index contributed by atoms with van der Waals surface area (Å²) in [5.74, 6) is 0.741. The Labute approximate surface area is 173 Å². The minimum absolute atomic E-state index is 0.105. The predicted octanol–water partition coefficient (Wildman–Crippen LogP) is 1.93. The third-order valence-corrected chi connectivity index (χ3v) is 4.93. The van der Waals surface area contributed by atoms with Gasteiger partial charge in [0.05, 0.1) is 5.69 Å². The van der Waals surface area contributed by atoms with Crippen molar-refractivity contribution in [3.05, 3.63) is 58.5 Å². The van der Waals surface area contributed by atoms with Crippen molar-refractivity contribution in [2.75, 3.05) is 11.9 Å². The summed E-state index contributed by atoms with van der Waals surface area (Å²) in [6.07, 6.45) is 0.300. The lowest BCUT2D eigenvalue weighted by Gasteiger charge is -2.24. The molecule has 2 aromatic heterocycles. The topological polar surface area (TPSA) is 125 Å². The van der Waals surface area contributed by atoms with Gasteiger partial charge in [0.2, 0.25) is 5.91 Å². The molecule has 4 rings (SSSR count). The number of primary amides is 1. The molecule has 0 bridgehead atoms. The molecule has 0 saturated heterocycles. The number of aryl methyl sites for hydroxylation is 3. The molecule has 154 valence electrons. The third-order valence-electron chi connectivity index (χ3n) is 4.93. The molecule has 0 fully saturated rings. The number of nitrogens with one attached hydrogen (secondary N) is 1. The molecular formula is C21H22N6O3. The second kappa shape index (κ2) is 7.58. The van der Waals surface area contributed by atoms with Crippen molar-refractivity contribution in [3.8, 4) is 11.7 Å². The molecule has 1 aliphatic rings. The molecule has 1 aromatic carbocycles. The summed E-state index contributed by atoms with van der Waals surface area (Å²) >= 11 is 0. The van der Waals surface area contributed by atoms with E-state index in [2.05, 4.69) is 20.4 Å². The number of anilines is 1. The Morgan fingerprint density at radius 1 is 1.20 bits per heavy atom. The lowest BCUT2D eigenvalue weighted by Crippen LogP contribution is -2.25. The highest BCUT2D eigenvalue weighted by molar-refractivity contribution is 5.95. The molecule has 2 amide bonds. The molecule has 3 N–H and O–H groups in total. The van der Waals surface area contributed by atoms with Gasteiger partial charge in [-0.3, -0.25) is 9.59 Å². The van der Waals surface area contributed by atoms with Crippen LogP contribution < -0.4 is 15.8 Å². The molecule has 30 heavy (non-hydrogen) atoms. The van der Waals surface area contributed by atoms with Crippen LogP contribution in [0.5, 0.6) is 5.75 Å². The molecule has 1 aliphatic heterocycles. The van der Waals surface area contributed by atoms with Crippen LogP contribution in [0.15, 0.2) is 30.3 Å². The first-order chi connectivity index (χ1) is 14.3. The van der Waals surface area contributed by atoms with Crippen molar-refractivity contribution in [2.24, 2.45) is 5.73 Å². The van der Waals surface area contributed by atoms with E-state index >= 15 is 0 Å². The van der Waals surface area contributed by atoms with E-state index in [1.54, 1.807) is 16.8 Å². The average molecular weight is 406 g/mol. The monoisotopic (exact) mass is 406 g/mol. The van der Waals surface area contributed by atoms with Crippen molar-refractivity contribution < 1.29 is 14.3 Å². The van der Waals surface area contributed by atoms with Crippen molar-refractivity contribution in [1.82, 2.24) is 19.7 Å². The normalized spacial score (nSPS) is 15.4. The Morgan fingerprint density at radius 2 is 1.87 bits per heavy atom. The number of ether oxygens (including phenoxy) is 1. The molecule has 0 saturated carbocycles. The molecule has 0 radical (unpaired) electrons. The minimum Gasteiger partial charge on any atom is -0.484 e. The van der Waals surface area contributed by atoms with Crippen LogP contribution >= 0.6 is 0 Å². The summed E-state index contributed by atoms with van der Waals surface area (Å²) in [6, 6.07) is 9.17. The van der Waals surface area contributed by atoms with E-state index in [9.17, 15) is 9.59 Å². The number of hydrogen-bond acceptors (Lipinski definition) is 6. The van der Waals surface area contributed by atoms with Gasteiger partial charge in [0.25, 0.3) is 11.9 Å². The molecule has 0 unspecified atom stereocenters. The SMILES string of the molecule is Cc1cc(C)nc(-n2nc(C)c3c2NC(=O)C[C@H]3c2ccc(OCC(N)=O)cc2)n1. The van der Waals surface area contributed by atoms with Gasteiger partial charge in [0, 0.05) is 29.3 Å². The fourth-order valence-electron chi connectivity index (χ4n) is 3.73. The van der Waals surface area contributed by atoms with E-state index in [1.165, 1.54) is 0 Å². The highest BCUT2D eigenvalue weighted by atomic mass is 16.5. The zero-order valence-corrected chi connectivity index (χ0v) is 17.0. The first-order valence-electron chi connectivity index (χ1n) is 9.55. The van der Waals surface area contributed by atoms with Crippen LogP contribution in [0.2, 0.25) is 0 Å². The van der Waals surface area contributed by atoms with Gasteiger partial charge in [-0.15, -0.1) is 0 Å². The summed E-state index contributed by atoms with van der Waals surface area (Å²) < 4.78 is 6.92. The number of carbonyl (C=O) groups is 2. The van der Waals surface area contributed by atoms with Gasteiger partial charge in [0.15, 0.2) is 6.61 Å². The first-order valence-corrected chi connectivity index (χ1v) is 9.55. The number of nitrogens with zero attached hydrogens (tertiary/aromatic N) is 4. The number of fused-ring (bicyclic) bond motifs is 1. The zero-order chi connectivity index (χ0) is 21.4. The van der Waals surface area contributed by atoms with Gasteiger partial charge < -0.3 is 15.8 Å². The third kappa shape index (κ3) is 3.73. The number of amides is 2. The quantitative estimate of drug-likeness (QED) is 0.667. The number of benzene rings is 1. The summed E-state index contributed by atoms with van der Waals surface area (Å²) in [6.45, 7) is 5.51. The van der Waals surface area contributed by atoms with Crippen molar-refractivity contribution in [1.29, 1.82) is 0 Å². The van der Waals surface area contributed by atoms with Gasteiger partial charge in [-0.25, -0.2) is 9.97 Å². The Kier molecular flexibility index (Phi) is 4.94. The average Bonchev–Trinajstić information content (AvgIpc) is 3.02. The van der Waals surface area contributed by atoms with E-state index in [-0.39, 0.29) is 18.4 Å².